The summed E-state index contributed by atoms with van der Waals surface area (Å²) in [4.78, 5) is 12.5. The van der Waals surface area contributed by atoms with Crippen molar-refractivity contribution in [2.24, 2.45) is 0 Å². The molecule has 0 aliphatic rings. The van der Waals surface area contributed by atoms with Gasteiger partial charge < -0.3 is 10.1 Å². The Kier molecular flexibility index (Phi) is 5.90. The predicted molar refractivity (Wildman–Crippen MR) is 109 cm³/mol. The third kappa shape index (κ3) is 4.25. The van der Waals surface area contributed by atoms with E-state index >= 15 is 0 Å². The molecular weight excluding hydrogens is 442 g/mol. The molecule has 1 amide bonds. The zero-order chi connectivity index (χ0) is 21.3. The molecule has 3 aromatic rings. The largest absolute Gasteiger partial charge is 0.494 e. The Labute approximate surface area is 180 Å². The number of carbonyl (C=O) groups is 1. The lowest BCUT2D eigenvalue weighted by Crippen LogP contribution is -2.48. The van der Waals surface area contributed by atoms with Gasteiger partial charge in [-0.3, -0.25) is 9.48 Å². The fourth-order valence-corrected chi connectivity index (χ4v) is 3.46. The van der Waals surface area contributed by atoms with Crippen LogP contribution in [0.1, 0.15) is 17.3 Å². The quantitative estimate of drug-likeness (QED) is 0.557. The second-order valence-electron chi connectivity index (χ2n) is 6.49. The monoisotopic (exact) mass is 454 g/mol. The highest BCUT2D eigenvalue weighted by molar-refractivity contribution is 6.47. The van der Waals surface area contributed by atoms with E-state index in [2.05, 4.69) is 10.4 Å². The van der Waals surface area contributed by atoms with Gasteiger partial charge >= 0.3 is 0 Å². The second-order valence-corrected chi connectivity index (χ2v) is 7.68. The molecule has 6 nitrogen and oxygen atoms in total. The number of methoxy groups -OCH3 is 1. The lowest BCUT2D eigenvalue weighted by atomic mass is 10.0. The maximum absolute atomic E-state index is 13.9. The summed E-state index contributed by atoms with van der Waals surface area (Å²) in [6, 6.07) is 7.32. The molecule has 0 aliphatic carbocycles. The van der Waals surface area contributed by atoms with Gasteiger partial charge in [-0.15, -0.1) is 0 Å². The fourth-order valence-electron chi connectivity index (χ4n) is 2.76. The van der Waals surface area contributed by atoms with Crippen molar-refractivity contribution in [3.05, 3.63) is 56.9 Å². The van der Waals surface area contributed by atoms with Gasteiger partial charge in [0, 0.05) is 17.1 Å². The first-order valence-corrected chi connectivity index (χ1v) is 9.39. The van der Waals surface area contributed by atoms with E-state index in [-0.39, 0.29) is 27.9 Å². The summed E-state index contributed by atoms with van der Waals surface area (Å²) in [5, 5.41) is 18.0. The molecule has 150 valence electrons. The Balaban J connectivity index is 1.87. The number of hydrogen-bond donors (Lipinski definition) is 1. The van der Waals surface area contributed by atoms with Crippen molar-refractivity contribution in [3.63, 3.8) is 0 Å². The van der Waals surface area contributed by atoms with Crippen molar-refractivity contribution in [2.45, 2.75) is 19.0 Å². The van der Waals surface area contributed by atoms with Gasteiger partial charge in [0.05, 0.1) is 34.8 Å². The molecule has 1 unspecified atom stereocenters. The van der Waals surface area contributed by atoms with Crippen LogP contribution in [-0.4, -0.2) is 28.3 Å². The minimum absolute atomic E-state index is 0.00711. The normalized spacial score (nSPS) is 13.0. The highest BCUT2D eigenvalue weighted by Crippen LogP contribution is 2.35. The van der Waals surface area contributed by atoms with Crippen LogP contribution in [0, 0.1) is 17.1 Å². The van der Waals surface area contributed by atoms with Gasteiger partial charge in [0.15, 0.2) is 11.6 Å². The minimum atomic E-state index is -1.35. The third-order valence-corrected chi connectivity index (χ3v) is 5.31. The summed E-state index contributed by atoms with van der Waals surface area (Å²) in [6.07, 6.45) is 1.61. The molecule has 1 N–H and O–H groups in total. The number of benzene rings is 2. The van der Waals surface area contributed by atoms with E-state index < -0.39 is 17.3 Å². The van der Waals surface area contributed by atoms with Crippen molar-refractivity contribution in [1.82, 2.24) is 15.1 Å². The van der Waals surface area contributed by atoms with Gasteiger partial charge in [-0.2, -0.15) is 10.4 Å². The number of hydrogen-bond acceptors (Lipinski definition) is 4. The number of ether oxygens (including phenoxy) is 1. The number of carbonyl (C=O) groups excluding carboxylic acids is 1. The first-order valence-electron chi connectivity index (χ1n) is 8.25. The van der Waals surface area contributed by atoms with Crippen molar-refractivity contribution in [2.75, 3.05) is 7.11 Å². The Hall–Kier alpha value is -2.53. The molecule has 10 heteroatoms. The van der Waals surface area contributed by atoms with Gasteiger partial charge in [0.25, 0.3) is 5.91 Å². The van der Waals surface area contributed by atoms with Crippen LogP contribution >= 0.6 is 34.8 Å². The first-order chi connectivity index (χ1) is 13.7. The van der Waals surface area contributed by atoms with Crippen LogP contribution in [-0.2, 0) is 6.54 Å². The van der Waals surface area contributed by atoms with E-state index in [4.69, 9.17) is 39.5 Å². The molecule has 0 radical (unpaired) electrons. The van der Waals surface area contributed by atoms with E-state index in [1.165, 1.54) is 36.9 Å². The average molecular weight is 456 g/mol. The minimum Gasteiger partial charge on any atom is -0.494 e. The van der Waals surface area contributed by atoms with Crippen LogP contribution < -0.4 is 10.1 Å². The number of nitrogens with one attached hydrogen (secondary N) is 1. The number of nitrogens with zero attached hydrogens (tertiary/aromatic N) is 3. The number of nitriles is 1. The van der Waals surface area contributed by atoms with Gasteiger partial charge in [-0.1, -0.05) is 34.8 Å². The van der Waals surface area contributed by atoms with Crippen molar-refractivity contribution in [3.8, 4) is 11.8 Å². The van der Waals surface area contributed by atoms with E-state index in [0.29, 0.717) is 15.9 Å². The van der Waals surface area contributed by atoms with Crippen LogP contribution in [0.15, 0.2) is 30.5 Å². The Morgan fingerprint density at radius 1 is 1.34 bits per heavy atom. The molecule has 1 heterocycles. The zero-order valence-electron chi connectivity index (χ0n) is 15.3. The van der Waals surface area contributed by atoms with Crippen LogP contribution in [0.3, 0.4) is 0 Å². The maximum atomic E-state index is 13.9. The Morgan fingerprint density at radius 3 is 2.69 bits per heavy atom. The predicted octanol–water partition coefficient (Wildman–Crippen LogP) is 4.86. The van der Waals surface area contributed by atoms with Crippen LogP contribution in [0.2, 0.25) is 15.1 Å². The zero-order valence-corrected chi connectivity index (χ0v) is 17.5. The highest BCUT2D eigenvalue weighted by atomic mass is 35.5. The van der Waals surface area contributed by atoms with Gasteiger partial charge in [0.2, 0.25) is 0 Å². The molecule has 0 saturated heterocycles. The molecule has 29 heavy (non-hydrogen) atoms. The van der Waals surface area contributed by atoms with E-state index in [1.54, 1.807) is 6.20 Å². The first kappa shape index (κ1) is 21.2. The molecule has 0 fully saturated rings. The van der Waals surface area contributed by atoms with Crippen LogP contribution in [0.5, 0.6) is 5.75 Å². The van der Waals surface area contributed by atoms with Gasteiger partial charge in [-0.05, 0) is 31.2 Å². The summed E-state index contributed by atoms with van der Waals surface area (Å²) in [6.45, 7) is 1.51. The molecule has 0 aliphatic heterocycles. The topological polar surface area (TPSA) is 79.9 Å². The molecule has 0 saturated carbocycles. The molecule has 1 aromatic heterocycles. The Morgan fingerprint density at radius 2 is 2.07 bits per heavy atom. The summed E-state index contributed by atoms with van der Waals surface area (Å²) < 4.78 is 20.2. The third-order valence-electron chi connectivity index (χ3n) is 4.22. The van der Waals surface area contributed by atoms with Crippen LogP contribution in [0.25, 0.3) is 10.9 Å². The van der Waals surface area contributed by atoms with Crippen molar-refractivity contribution >= 4 is 51.6 Å². The number of amides is 1. The lowest BCUT2D eigenvalue weighted by Gasteiger charge is -2.23. The number of rotatable bonds is 5. The molecular formula is C19H14Cl3FN4O2. The molecule has 3 rings (SSSR count). The lowest BCUT2D eigenvalue weighted by molar-refractivity contribution is 0.0917. The SMILES string of the molecule is COc1ccc(C(=O)NC(C)(C#N)Cn2cc3c(Cl)cc(Cl)c(Cl)c3n2)cc1F. The van der Waals surface area contributed by atoms with Gasteiger partial charge in [-0.25, -0.2) is 4.39 Å². The Bertz CT molecular complexity index is 1160. The number of aromatic nitrogens is 2. The molecule has 0 bridgehead atoms. The van der Waals surface area contributed by atoms with Crippen LogP contribution in [0.4, 0.5) is 4.39 Å². The average Bonchev–Trinajstić information content (AvgIpc) is 3.10. The molecule has 2 aromatic carbocycles. The van der Waals surface area contributed by atoms with Gasteiger partial charge in [0.1, 0.15) is 11.1 Å². The van der Waals surface area contributed by atoms with Crippen molar-refractivity contribution in [1.29, 1.82) is 5.26 Å². The second kappa shape index (κ2) is 8.07. The standard InChI is InChI=1S/C19H14Cl3FN4O2/c1-19(8-24,25-18(28)10-3-4-15(29-2)14(23)5-10)9-27-7-11-12(20)6-13(21)16(22)17(11)26-27/h3-7H,9H2,1-2H3,(H,25,28). The highest BCUT2D eigenvalue weighted by Gasteiger charge is 2.29. The summed E-state index contributed by atoms with van der Waals surface area (Å²) in [5.41, 5.74) is -0.917. The number of halogens is 4. The van der Waals surface area contributed by atoms with Crippen molar-refractivity contribution < 1.29 is 13.9 Å². The van der Waals surface area contributed by atoms with E-state index in [1.807, 2.05) is 6.07 Å². The summed E-state index contributed by atoms with van der Waals surface area (Å²) in [5.74, 6) is -1.29. The van der Waals surface area contributed by atoms with E-state index in [0.717, 1.165) is 6.07 Å². The smallest absolute Gasteiger partial charge is 0.252 e. The maximum Gasteiger partial charge on any atom is 0.252 e. The summed E-state index contributed by atoms with van der Waals surface area (Å²) in [7, 11) is 1.32. The number of fused-ring (bicyclic) bond motifs is 1. The van der Waals surface area contributed by atoms with E-state index in [9.17, 15) is 14.4 Å². The fraction of sp³-hybridized carbons (Fsp3) is 0.211. The summed E-state index contributed by atoms with van der Waals surface area (Å²) >= 11 is 18.4. The molecule has 0 spiro atoms. The molecule has 1 atom stereocenters.